The SMILES string of the molecule is Cc1c(N)cccc1S(=O)(=O)N(C)C1CCC1. The van der Waals surface area contributed by atoms with E-state index in [4.69, 9.17) is 5.73 Å². The first-order chi connectivity index (χ1) is 7.94. The van der Waals surface area contributed by atoms with Gasteiger partial charge in [-0.15, -0.1) is 0 Å². The normalized spacial score (nSPS) is 17.1. The Kier molecular flexibility index (Phi) is 3.14. The maximum absolute atomic E-state index is 12.4. The van der Waals surface area contributed by atoms with E-state index in [1.54, 1.807) is 32.2 Å². The van der Waals surface area contributed by atoms with E-state index in [2.05, 4.69) is 0 Å². The van der Waals surface area contributed by atoms with Crippen LogP contribution in [0.3, 0.4) is 0 Å². The Labute approximate surface area is 102 Å². The monoisotopic (exact) mass is 254 g/mol. The lowest BCUT2D eigenvalue weighted by Crippen LogP contribution is -2.41. The molecule has 0 radical (unpaired) electrons. The van der Waals surface area contributed by atoms with Crippen LogP contribution >= 0.6 is 0 Å². The van der Waals surface area contributed by atoms with Crippen molar-refractivity contribution in [3.05, 3.63) is 23.8 Å². The van der Waals surface area contributed by atoms with Crippen molar-refractivity contribution in [1.29, 1.82) is 0 Å². The van der Waals surface area contributed by atoms with Crippen molar-refractivity contribution in [1.82, 2.24) is 4.31 Å². The van der Waals surface area contributed by atoms with Gasteiger partial charge in [0.1, 0.15) is 0 Å². The molecule has 17 heavy (non-hydrogen) atoms. The van der Waals surface area contributed by atoms with Gasteiger partial charge in [0.15, 0.2) is 0 Å². The van der Waals surface area contributed by atoms with E-state index in [0.717, 1.165) is 19.3 Å². The lowest BCUT2D eigenvalue weighted by atomic mass is 9.94. The van der Waals surface area contributed by atoms with Gasteiger partial charge in [0, 0.05) is 18.8 Å². The van der Waals surface area contributed by atoms with Crippen molar-refractivity contribution in [2.24, 2.45) is 0 Å². The van der Waals surface area contributed by atoms with Crippen LogP contribution in [-0.4, -0.2) is 25.8 Å². The van der Waals surface area contributed by atoms with Gasteiger partial charge in [-0.1, -0.05) is 12.5 Å². The van der Waals surface area contributed by atoms with Crippen LogP contribution in [-0.2, 0) is 10.0 Å². The van der Waals surface area contributed by atoms with E-state index < -0.39 is 10.0 Å². The highest BCUT2D eigenvalue weighted by Crippen LogP contribution is 2.30. The quantitative estimate of drug-likeness (QED) is 0.836. The molecule has 0 atom stereocenters. The number of nitrogens with zero attached hydrogens (tertiary/aromatic N) is 1. The van der Waals surface area contributed by atoms with Crippen molar-refractivity contribution in [2.45, 2.75) is 37.1 Å². The Balaban J connectivity index is 2.40. The molecule has 0 unspecified atom stereocenters. The molecule has 2 N–H and O–H groups in total. The molecule has 0 spiro atoms. The molecule has 1 aliphatic carbocycles. The van der Waals surface area contributed by atoms with E-state index in [9.17, 15) is 8.42 Å². The third kappa shape index (κ3) is 2.05. The first kappa shape index (κ1) is 12.4. The van der Waals surface area contributed by atoms with Crippen molar-refractivity contribution in [3.63, 3.8) is 0 Å². The number of hydrogen-bond acceptors (Lipinski definition) is 3. The third-order valence-electron chi connectivity index (χ3n) is 3.57. The molecular formula is C12H18N2O2S. The standard InChI is InChI=1S/C12H18N2O2S/c1-9-11(13)7-4-8-12(9)17(15,16)14(2)10-5-3-6-10/h4,7-8,10H,3,5-6,13H2,1-2H3. The average molecular weight is 254 g/mol. The summed E-state index contributed by atoms with van der Waals surface area (Å²) in [5.41, 5.74) is 6.92. The maximum atomic E-state index is 12.4. The average Bonchev–Trinajstić information content (AvgIpc) is 2.19. The fourth-order valence-electron chi connectivity index (χ4n) is 2.01. The fraction of sp³-hybridized carbons (Fsp3) is 0.500. The van der Waals surface area contributed by atoms with Gasteiger partial charge in [-0.05, 0) is 37.5 Å². The third-order valence-corrected chi connectivity index (χ3v) is 5.63. The van der Waals surface area contributed by atoms with Crippen LogP contribution in [0.1, 0.15) is 24.8 Å². The van der Waals surface area contributed by atoms with Crippen LogP contribution < -0.4 is 5.73 Å². The summed E-state index contributed by atoms with van der Waals surface area (Å²) in [7, 11) is -1.74. The largest absolute Gasteiger partial charge is 0.398 e. The summed E-state index contributed by atoms with van der Waals surface area (Å²) in [6.07, 6.45) is 3.02. The van der Waals surface area contributed by atoms with E-state index in [1.165, 1.54) is 4.31 Å². The molecule has 1 aromatic carbocycles. The number of nitrogen functional groups attached to an aromatic ring is 1. The van der Waals surface area contributed by atoms with Gasteiger partial charge in [0.05, 0.1) is 4.90 Å². The van der Waals surface area contributed by atoms with Gasteiger partial charge in [0.2, 0.25) is 10.0 Å². The molecule has 0 aliphatic heterocycles. The van der Waals surface area contributed by atoms with Crippen LogP contribution in [0.4, 0.5) is 5.69 Å². The van der Waals surface area contributed by atoms with E-state index in [1.807, 2.05) is 0 Å². The van der Waals surface area contributed by atoms with Crippen LogP contribution in [0.2, 0.25) is 0 Å². The van der Waals surface area contributed by atoms with E-state index in [-0.39, 0.29) is 6.04 Å². The van der Waals surface area contributed by atoms with Gasteiger partial charge in [-0.2, -0.15) is 4.31 Å². The highest BCUT2D eigenvalue weighted by Gasteiger charge is 2.32. The molecule has 0 saturated heterocycles. The molecular weight excluding hydrogens is 236 g/mol. The minimum absolute atomic E-state index is 0.154. The number of nitrogens with two attached hydrogens (primary N) is 1. The predicted octanol–water partition coefficient (Wildman–Crippen LogP) is 1.75. The molecule has 1 aromatic rings. The zero-order valence-corrected chi connectivity index (χ0v) is 11.0. The zero-order chi connectivity index (χ0) is 12.6. The summed E-state index contributed by atoms with van der Waals surface area (Å²) in [5.74, 6) is 0. The van der Waals surface area contributed by atoms with E-state index >= 15 is 0 Å². The van der Waals surface area contributed by atoms with Gasteiger partial charge in [-0.25, -0.2) is 8.42 Å². The zero-order valence-electron chi connectivity index (χ0n) is 10.2. The number of sulfonamides is 1. The van der Waals surface area contributed by atoms with Crippen LogP contribution in [0.15, 0.2) is 23.1 Å². The number of benzene rings is 1. The Hall–Kier alpha value is -1.07. The Morgan fingerprint density at radius 1 is 1.35 bits per heavy atom. The highest BCUT2D eigenvalue weighted by atomic mass is 32.2. The molecule has 1 fully saturated rings. The Morgan fingerprint density at radius 2 is 2.00 bits per heavy atom. The number of rotatable bonds is 3. The van der Waals surface area contributed by atoms with Gasteiger partial charge >= 0.3 is 0 Å². The predicted molar refractivity (Wildman–Crippen MR) is 68.2 cm³/mol. The minimum atomic E-state index is -3.40. The second-order valence-corrected chi connectivity index (χ2v) is 6.54. The first-order valence-corrected chi connectivity index (χ1v) is 7.21. The van der Waals surface area contributed by atoms with Gasteiger partial charge in [0.25, 0.3) is 0 Å². The minimum Gasteiger partial charge on any atom is -0.398 e. The van der Waals surface area contributed by atoms with E-state index in [0.29, 0.717) is 16.1 Å². The van der Waals surface area contributed by atoms with Crippen molar-refractivity contribution >= 4 is 15.7 Å². The second-order valence-electron chi connectivity index (χ2n) is 4.58. The Bertz CT molecular complexity index is 521. The molecule has 2 rings (SSSR count). The van der Waals surface area contributed by atoms with Crippen molar-refractivity contribution in [2.75, 3.05) is 12.8 Å². The van der Waals surface area contributed by atoms with Crippen LogP contribution in [0.25, 0.3) is 0 Å². The van der Waals surface area contributed by atoms with Gasteiger partial charge < -0.3 is 5.73 Å². The fourth-order valence-corrected chi connectivity index (χ4v) is 3.68. The molecule has 0 heterocycles. The van der Waals surface area contributed by atoms with Crippen molar-refractivity contribution in [3.8, 4) is 0 Å². The second kappa shape index (κ2) is 4.31. The molecule has 1 saturated carbocycles. The number of hydrogen-bond donors (Lipinski definition) is 1. The molecule has 0 bridgehead atoms. The topological polar surface area (TPSA) is 63.4 Å². The summed E-state index contributed by atoms with van der Waals surface area (Å²) in [5, 5.41) is 0. The van der Waals surface area contributed by atoms with Crippen LogP contribution in [0.5, 0.6) is 0 Å². The Morgan fingerprint density at radius 3 is 2.53 bits per heavy atom. The molecule has 4 nitrogen and oxygen atoms in total. The number of anilines is 1. The summed E-state index contributed by atoms with van der Waals surface area (Å²) < 4.78 is 26.3. The summed E-state index contributed by atoms with van der Waals surface area (Å²) >= 11 is 0. The lowest BCUT2D eigenvalue weighted by Gasteiger charge is -2.34. The molecule has 1 aliphatic rings. The summed E-state index contributed by atoms with van der Waals surface area (Å²) in [6, 6.07) is 5.18. The van der Waals surface area contributed by atoms with Crippen LogP contribution in [0, 0.1) is 6.92 Å². The van der Waals surface area contributed by atoms with Gasteiger partial charge in [-0.3, -0.25) is 0 Å². The smallest absolute Gasteiger partial charge is 0.243 e. The lowest BCUT2D eigenvalue weighted by molar-refractivity contribution is 0.249. The molecule has 0 aromatic heterocycles. The van der Waals surface area contributed by atoms with Crippen molar-refractivity contribution < 1.29 is 8.42 Å². The first-order valence-electron chi connectivity index (χ1n) is 5.77. The highest BCUT2D eigenvalue weighted by molar-refractivity contribution is 7.89. The molecule has 0 amide bonds. The summed E-state index contributed by atoms with van der Waals surface area (Å²) in [4.78, 5) is 0.326. The maximum Gasteiger partial charge on any atom is 0.243 e. The molecule has 5 heteroatoms. The molecule has 94 valence electrons. The summed E-state index contributed by atoms with van der Waals surface area (Å²) in [6.45, 7) is 1.75.